The lowest BCUT2D eigenvalue weighted by atomic mass is 9.89. The Balaban J connectivity index is 2.75. The molecule has 1 rings (SSSR count). The van der Waals surface area contributed by atoms with Crippen LogP contribution in [-0.4, -0.2) is 23.4 Å². The number of rotatable bonds is 1. The fraction of sp³-hybridized carbons (Fsp3) is 0.500. The van der Waals surface area contributed by atoms with Gasteiger partial charge in [0.05, 0.1) is 6.10 Å². The number of aliphatic hydroxyl groups is 1. The predicted octanol–water partition coefficient (Wildman–Crippen LogP) is 0.555. The highest BCUT2D eigenvalue weighted by Crippen LogP contribution is 2.26. The molecule has 0 saturated carbocycles. The molecule has 1 aliphatic rings. The lowest BCUT2D eigenvalue weighted by Crippen LogP contribution is -2.31. The predicted molar refractivity (Wildman–Crippen MR) is 51.2 cm³/mol. The first-order valence-electron chi connectivity index (χ1n) is 4.35. The van der Waals surface area contributed by atoms with Crippen LogP contribution in [-0.2, 0) is 4.74 Å². The van der Waals surface area contributed by atoms with Crippen LogP contribution in [0.25, 0.3) is 0 Å². The summed E-state index contributed by atoms with van der Waals surface area (Å²) in [5.41, 5.74) is 6.34. The van der Waals surface area contributed by atoms with E-state index in [1.807, 2.05) is 0 Å². The molecule has 3 N–H and O–H groups in total. The van der Waals surface area contributed by atoms with E-state index in [1.54, 1.807) is 6.92 Å². The van der Waals surface area contributed by atoms with E-state index < -0.39 is 18.3 Å². The van der Waals surface area contributed by atoms with Crippen LogP contribution in [0.4, 0.5) is 4.79 Å². The van der Waals surface area contributed by atoms with Crippen molar-refractivity contribution in [1.29, 1.82) is 0 Å². The molecule has 0 unspecified atom stereocenters. The van der Waals surface area contributed by atoms with Gasteiger partial charge in [-0.3, -0.25) is 0 Å². The highest BCUT2D eigenvalue weighted by Gasteiger charge is 2.26. The van der Waals surface area contributed by atoms with E-state index in [0.29, 0.717) is 18.4 Å². The van der Waals surface area contributed by atoms with Gasteiger partial charge in [0.1, 0.15) is 6.10 Å². The molecule has 14 heavy (non-hydrogen) atoms. The van der Waals surface area contributed by atoms with E-state index in [2.05, 4.69) is 5.92 Å². The Hall–Kier alpha value is -1.47. The molecule has 2 atom stereocenters. The summed E-state index contributed by atoms with van der Waals surface area (Å²) < 4.78 is 4.79. The molecule has 0 aromatic carbocycles. The van der Waals surface area contributed by atoms with Gasteiger partial charge >= 0.3 is 6.09 Å². The second kappa shape index (κ2) is 4.16. The number of hydrogen-bond acceptors (Lipinski definition) is 3. The summed E-state index contributed by atoms with van der Waals surface area (Å²) >= 11 is 0. The van der Waals surface area contributed by atoms with Gasteiger partial charge in [-0.1, -0.05) is 5.92 Å². The number of hydrogen-bond donors (Lipinski definition) is 2. The fourth-order valence-corrected chi connectivity index (χ4v) is 1.53. The topological polar surface area (TPSA) is 72.6 Å². The van der Waals surface area contributed by atoms with Crippen LogP contribution in [0.5, 0.6) is 0 Å². The number of amides is 1. The Morgan fingerprint density at radius 1 is 1.79 bits per heavy atom. The van der Waals surface area contributed by atoms with Crippen molar-refractivity contribution in [3.63, 3.8) is 0 Å². The third-order valence-electron chi connectivity index (χ3n) is 2.35. The van der Waals surface area contributed by atoms with Gasteiger partial charge < -0.3 is 15.6 Å². The average molecular weight is 195 g/mol. The first kappa shape index (κ1) is 10.6. The third kappa shape index (κ3) is 2.27. The number of carbonyl (C=O) groups excluding carboxylic acids is 1. The van der Waals surface area contributed by atoms with Crippen molar-refractivity contribution >= 4 is 6.09 Å². The molecule has 1 amide bonds. The first-order valence-corrected chi connectivity index (χ1v) is 4.35. The molecule has 0 fully saturated rings. The molecule has 4 nitrogen and oxygen atoms in total. The van der Waals surface area contributed by atoms with Crippen molar-refractivity contribution < 1.29 is 14.6 Å². The number of nitrogens with two attached hydrogens (primary N) is 1. The van der Waals surface area contributed by atoms with E-state index in [0.717, 1.165) is 5.57 Å². The normalized spacial score (nSPS) is 26.9. The SMILES string of the molecule is C#CC1=C(C)[C@@H](O)C[C@@H](OC(N)=O)C1. The van der Waals surface area contributed by atoms with Gasteiger partial charge in [-0.2, -0.15) is 0 Å². The fourth-order valence-electron chi connectivity index (χ4n) is 1.53. The van der Waals surface area contributed by atoms with Crippen LogP contribution >= 0.6 is 0 Å². The summed E-state index contributed by atoms with van der Waals surface area (Å²) in [6, 6.07) is 0. The van der Waals surface area contributed by atoms with Crippen molar-refractivity contribution in [2.24, 2.45) is 5.73 Å². The second-order valence-electron chi connectivity index (χ2n) is 3.32. The van der Waals surface area contributed by atoms with Crippen LogP contribution in [0, 0.1) is 12.3 Å². The summed E-state index contributed by atoms with van der Waals surface area (Å²) in [5.74, 6) is 2.47. The summed E-state index contributed by atoms with van der Waals surface area (Å²) in [7, 11) is 0. The highest BCUT2D eigenvalue weighted by atomic mass is 16.6. The summed E-state index contributed by atoms with van der Waals surface area (Å²) in [4.78, 5) is 10.5. The van der Waals surface area contributed by atoms with Crippen molar-refractivity contribution in [2.45, 2.75) is 32.0 Å². The second-order valence-corrected chi connectivity index (χ2v) is 3.32. The van der Waals surface area contributed by atoms with Gasteiger partial charge in [0.15, 0.2) is 0 Å². The summed E-state index contributed by atoms with van der Waals surface area (Å²) in [5, 5.41) is 9.58. The van der Waals surface area contributed by atoms with Crippen LogP contribution in [0.15, 0.2) is 11.1 Å². The molecule has 0 radical (unpaired) electrons. The molecule has 1 aliphatic carbocycles. The standard InChI is InChI=1S/C10H13NO3/c1-3-7-4-8(14-10(11)13)5-9(12)6(7)2/h1,8-9,12H,4-5H2,2H3,(H2,11,13)/t8-,9-/m0/s1. The molecular formula is C10H13NO3. The maximum atomic E-state index is 10.5. The smallest absolute Gasteiger partial charge is 0.404 e. The lowest BCUT2D eigenvalue weighted by Gasteiger charge is -2.26. The van der Waals surface area contributed by atoms with Gasteiger partial charge in [0, 0.05) is 18.4 Å². The van der Waals surface area contributed by atoms with E-state index >= 15 is 0 Å². The Morgan fingerprint density at radius 3 is 2.93 bits per heavy atom. The number of ether oxygens (including phenoxy) is 1. The number of primary amides is 1. The first-order chi connectivity index (χ1) is 6.54. The van der Waals surface area contributed by atoms with Crippen LogP contribution in [0.2, 0.25) is 0 Å². The van der Waals surface area contributed by atoms with Gasteiger partial charge in [-0.15, -0.1) is 6.42 Å². The van der Waals surface area contributed by atoms with Crippen molar-refractivity contribution in [2.75, 3.05) is 0 Å². The zero-order chi connectivity index (χ0) is 10.7. The molecule has 0 aromatic heterocycles. The maximum Gasteiger partial charge on any atom is 0.404 e. The molecule has 0 aliphatic heterocycles. The zero-order valence-electron chi connectivity index (χ0n) is 7.99. The Labute approximate surface area is 82.7 Å². The minimum atomic E-state index is -0.835. The molecule has 0 aromatic rings. The molecule has 76 valence electrons. The zero-order valence-corrected chi connectivity index (χ0v) is 7.99. The van der Waals surface area contributed by atoms with Crippen LogP contribution in [0.1, 0.15) is 19.8 Å². The minimum absolute atomic E-state index is 0.361. The van der Waals surface area contributed by atoms with Crippen molar-refractivity contribution in [3.05, 3.63) is 11.1 Å². The van der Waals surface area contributed by atoms with Gasteiger partial charge in [-0.25, -0.2) is 4.79 Å². The number of carbonyl (C=O) groups is 1. The molecular weight excluding hydrogens is 182 g/mol. The van der Waals surface area contributed by atoms with Gasteiger partial charge in [-0.05, 0) is 12.5 Å². The third-order valence-corrected chi connectivity index (χ3v) is 2.35. The Morgan fingerprint density at radius 2 is 2.43 bits per heavy atom. The summed E-state index contributed by atoms with van der Waals surface area (Å²) in [6.45, 7) is 1.78. The molecule has 4 heteroatoms. The maximum absolute atomic E-state index is 10.5. The molecule has 0 heterocycles. The van der Waals surface area contributed by atoms with Crippen molar-refractivity contribution in [1.82, 2.24) is 0 Å². The van der Waals surface area contributed by atoms with E-state index in [9.17, 15) is 9.90 Å². The van der Waals surface area contributed by atoms with E-state index in [-0.39, 0.29) is 0 Å². The van der Waals surface area contributed by atoms with E-state index in [1.165, 1.54) is 0 Å². The van der Waals surface area contributed by atoms with Crippen molar-refractivity contribution in [3.8, 4) is 12.3 Å². The summed E-state index contributed by atoms with van der Waals surface area (Å²) in [6.07, 6.45) is 4.20. The quantitative estimate of drug-likeness (QED) is 0.600. The molecule has 0 spiro atoms. The van der Waals surface area contributed by atoms with Gasteiger partial charge in [0.2, 0.25) is 0 Å². The monoisotopic (exact) mass is 195 g/mol. The van der Waals surface area contributed by atoms with Gasteiger partial charge in [0.25, 0.3) is 0 Å². The Kier molecular flexibility index (Phi) is 3.15. The highest BCUT2D eigenvalue weighted by molar-refractivity contribution is 5.65. The minimum Gasteiger partial charge on any atom is -0.446 e. The molecule has 0 saturated heterocycles. The average Bonchev–Trinajstić information content (AvgIpc) is 2.10. The molecule has 0 bridgehead atoms. The number of aliphatic hydroxyl groups excluding tert-OH is 1. The Bertz CT molecular complexity index is 314. The van der Waals surface area contributed by atoms with E-state index in [4.69, 9.17) is 16.9 Å². The van der Waals surface area contributed by atoms with Crippen LogP contribution in [0.3, 0.4) is 0 Å². The number of terminal acetylenes is 1. The van der Waals surface area contributed by atoms with Crippen LogP contribution < -0.4 is 5.73 Å². The lowest BCUT2D eigenvalue weighted by molar-refractivity contribution is 0.0627. The largest absolute Gasteiger partial charge is 0.446 e.